The van der Waals surface area contributed by atoms with Crippen molar-refractivity contribution in [2.24, 2.45) is 0 Å². The maximum atomic E-state index is 6.63. The van der Waals surface area contributed by atoms with Crippen molar-refractivity contribution in [1.29, 1.82) is 0 Å². The van der Waals surface area contributed by atoms with E-state index in [0.717, 1.165) is 13.2 Å². The highest BCUT2D eigenvalue weighted by molar-refractivity contribution is 7.03. The van der Waals surface area contributed by atoms with E-state index >= 15 is 0 Å². The number of hydrogen-bond acceptors (Lipinski definition) is 2. The van der Waals surface area contributed by atoms with E-state index in [1.807, 2.05) is 0 Å². The minimum absolute atomic E-state index is 0.0971. The first-order chi connectivity index (χ1) is 10.2. The van der Waals surface area contributed by atoms with E-state index in [1.165, 1.54) is 15.9 Å². The molecule has 0 radical (unpaired) electrons. The quantitative estimate of drug-likeness (QED) is 0.636. The van der Waals surface area contributed by atoms with E-state index in [-0.39, 0.29) is 5.04 Å². The second-order valence-corrected chi connectivity index (χ2v) is 10.5. The molecule has 0 aromatic heterocycles. The molecule has 3 heteroatoms. The van der Waals surface area contributed by atoms with Crippen molar-refractivity contribution in [2.45, 2.75) is 25.0 Å². The number of fused-ring (bicyclic) bond motifs is 1. The molecule has 1 fully saturated rings. The van der Waals surface area contributed by atoms with Crippen LogP contribution in [0.4, 0.5) is 0 Å². The highest BCUT2D eigenvalue weighted by atomic mass is 28.4. The number of ether oxygens (including phenoxy) is 1. The fourth-order valence-corrected chi connectivity index (χ4v) is 8.71. The van der Waals surface area contributed by atoms with Gasteiger partial charge in [0.1, 0.15) is 6.10 Å². The lowest BCUT2D eigenvalue weighted by Crippen LogP contribution is -2.81. The van der Waals surface area contributed by atoms with E-state index in [1.54, 1.807) is 0 Å². The van der Waals surface area contributed by atoms with Crippen molar-refractivity contribution in [1.82, 2.24) is 0 Å². The van der Waals surface area contributed by atoms with Crippen LogP contribution >= 0.6 is 0 Å². The molecule has 21 heavy (non-hydrogen) atoms. The largest absolute Gasteiger partial charge is 0.556 e. The average Bonchev–Trinajstić information content (AvgIpc) is 3.33. The normalized spacial score (nSPS) is 28.6. The summed E-state index contributed by atoms with van der Waals surface area (Å²) in [4.78, 5) is 0. The minimum Gasteiger partial charge on any atom is -0.556 e. The Bertz CT molecular complexity index is 664. The Morgan fingerprint density at radius 3 is 2.48 bits per heavy atom. The summed E-state index contributed by atoms with van der Waals surface area (Å²) in [7, 11) is -2.17. The van der Waals surface area contributed by atoms with Crippen LogP contribution in [0.3, 0.4) is 0 Å². The van der Waals surface area contributed by atoms with E-state index in [2.05, 4.69) is 68.4 Å². The van der Waals surface area contributed by atoms with Crippen molar-refractivity contribution < 1.29 is 9.16 Å². The first-order valence-corrected chi connectivity index (χ1v) is 9.48. The summed E-state index contributed by atoms with van der Waals surface area (Å²) in [5.41, 5.74) is 1.44. The lowest BCUT2D eigenvalue weighted by molar-refractivity contribution is 0.245. The van der Waals surface area contributed by atoms with Crippen LogP contribution in [0.2, 0.25) is 0 Å². The molecule has 0 aliphatic carbocycles. The van der Waals surface area contributed by atoms with Gasteiger partial charge in [0.25, 0.3) is 0 Å². The molecule has 2 nitrogen and oxygen atoms in total. The van der Waals surface area contributed by atoms with Crippen LogP contribution < -0.4 is 10.4 Å². The Morgan fingerprint density at radius 2 is 1.76 bits per heavy atom. The third-order valence-electron chi connectivity index (χ3n) is 4.93. The van der Waals surface area contributed by atoms with E-state index in [4.69, 9.17) is 9.16 Å². The highest BCUT2D eigenvalue weighted by Crippen LogP contribution is 2.42. The fraction of sp³-hybridized carbons (Fsp3) is 0.333. The van der Waals surface area contributed by atoms with Gasteiger partial charge in [0.05, 0.1) is 14.9 Å². The number of hydrogen-bond donors (Lipinski definition) is 0. The Labute approximate surface area is 126 Å². The monoisotopic (exact) mass is 296 g/mol. The summed E-state index contributed by atoms with van der Waals surface area (Å²) in [6.07, 6.45) is 0.307. The van der Waals surface area contributed by atoms with Gasteiger partial charge in [-0.2, -0.15) is 10.4 Å². The lowest BCUT2D eigenvalue weighted by Gasteiger charge is -2.67. The van der Waals surface area contributed by atoms with Crippen molar-refractivity contribution in [3.8, 4) is 0 Å². The van der Waals surface area contributed by atoms with Gasteiger partial charge in [-0.05, 0) is 0 Å². The van der Waals surface area contributed by atoms with Crippen LogP contribution in [0.25, 0.3) is 0 Å². The summed E-state index contributed by atoms with van der Waals surface area (Å²) >= 11 is 0. The summed E-state index contributed by atoms with van der Waals surface area (Å²) in [6, 6.07) is 19.6. The molecule has 2 aromatic carbocycles. The van der Waals surface area contributed by atoms with Gasteiger partial charge in [-0.25, -0.2) is 0 Å². The summed E-state index contributed by atoms with van der Waals surface area (Å²) in [6.45, 7) is 6.24. The summed E-state index contributed by atoms with van der Waals surface area (Å²) < 4.78 is 12.0. The highest BCUT2D eigenvalue weighted by Gasteiger charge is 2.50. The zero-order valence-corrected chi connectivity index (χ0v) is 13.5. The second-order valence-electron chi connectivity index (χ2n) is 6.48. The third-order valence-corrected chi connectivity index (χ3v) is 9.90. The van der Waals surface area contributed by atoms with Crippen LogP contribution in [0.5, 0.6) is 0 Å². The van der Waals surface area contributed by atoms with Crippen molar-refractivity contribution >= 4 is 18.7 Å². The van der Waals surface area contributed by atoms with Crippen LogP contribution in [0.15, 0.2) is 54.6 Å². The Balaban J connectivity index is 1.84. The molecule has 1 unspecified atom stereocenters. The standard InChI is InChI=1S/C18H20O2Si/c1-18(2)16-10-6-7-11-17(16)21(18,20-13-14-12-19-14)15-8-4-3-5-9-15/h3-11,14H,12-13H2,1-2H3/q-1/t14-/m0/s1. The molecule has 0 amide bonds. The molecule has 2 aromatic rings. The Morgan fingerprint density at radius 1 is 1.10 bits per heavy atom. The van der Waals surface area contributed by atoms with E-state index < -0.39 is 8.32 Å². The van der Waals surface area contributed by atoms with E-state index in [0.29, 0.717) is 6.10 Å². The van der Waals surface area contributed by atoms with Crippen LogP contribution in [-0.4, -0.2) is 27.6 Å². The predicted molar refractivity (Wildman–Crippen MR) is 86.6 cm³/mol. The first kappa shape index (κ1) is 13.3. The van der Waals surface area contributed by atoms with Gasteiger partial charge in [0.2, 0.25) is 0 Å². The number of epoxide rings is 1. The third kappa shape index (κ3) is 1.78. The molecule has 0 saturated carbocycles. The fourth-order valence-electron chi connectivity index (χ4n) is 3.71. The maximum Gasteiger partial charge on any atom is 0.100 e. The summed E-state index contributed by atoms with van der Waals surface area (Å²) in [5, 5.41) is 2.90. The topological polar surface area (TPSA) is 21.8 Å². The molecular weight excluding hydrogens is 276 g/mol. The van der Waals surface area contributed by atoms with Gasteiger partial charge < -0.3 is 9.16 Å². The van der Waals surface area contributed by atoms with Gasteiger partial charge in [-0.3, -0.25) is 0 Å². The lowest BCUT2D eigenvalue weighted by atomic mass is 10.0. The van der Waals surface area contributed by atoms with Gasteiger partial charge in [-0.15, -0.1) is 0 Å². The number of benzene rings is 2. The van der Waals surface area contributed by atoms with Crippen LogP contribution in [0, 0.1) is 0 Å². The zero-order valence-electron chi connectivity index (χ0n) is 12.5. The Kier molecular flexibility index (Phi) is 2.86. The van der Waals surface area contributed by atoms with Crippen molar-refractivity contribution in [3.05, 3.63) is 60.2 Å². The molecule has 2 aliphatic heterocycles. The molecule has 0 spiro atoms. The van der Waals surface area contributed by atoms with Crippen LogP contribution in [-0.2, 0) is 14.2 Å². The maximum absolute atomic E-state index is 6.63. The molecule has 0 bridgehead atoms. The molecule has 2 aliphatic rings. The molecular formula is C18H20O2Si-. The molecule has 2 heterocycles. The predicted octanol–water partition coefficient (Wildman–Crippen LogP) is 1.99. The van der Waals surface area contributed by atoms with Crippen molar-refractivity contribution in [2.75, 3.05) is 13.2 Å². The molecule has 0 N–H and O–H groups in total. The van der Waals surface area contributed by atoms with E-state index in [9.17, 15) is 0 Å². The molecule has 109 valence electrons. The Hall–Kier alpha value is -1.42. The molecule has 4 rings (SSSR count). The van der Waals surface area contributed by atoms with Gasteiger partial charge in [-0.1, -0.05) is 79.0 Å². The van der Waals surface area contributed by atoms with Crippen molar-refractivity contribution in [3.63, 3.8) is 0 Å². The molecule has 2 atom stereocenters. The number of rotatable bonds is 4. The zero-order chi connectivity index (χ0) is 14.5. The van der Waals surface area contributed by atoms with Gasteiger partial charge >= 0.3 is 0 Å². The van der Waals surface area contributed by atoms with Crippen LogP contribution in [0.1, 0.15) is 19.4 Å². The second kappa shape index (κ2) is 4.53. The average molecular weight is 296 g/mol. The first-order valence-electron chi connectivity index (χ1n) is 7.57. The van der Waals surface area contributed by atoms with Gasteiger partial charge in [0.15, 0.2) is 0 Å². The minimum atomic E-state index is -2.17. The van der Waals surface area contributed by atoms with Gasteiger partial charge in [0, 0.05) is 6.61 Å². The smallest absolute Gasteiger partial charge is 0.100 e. The molecule has 1 saturated heterocycles. The SMILES string of the molecule is CC1(C)c2ccccc2[Si-]1(OC[C@@H]1CO1)c1ccccc1. The summed E-state index contributed by atoms with van der Waals surface area (Å²) in [5.74, 6) is 0.